The molecule has 1 unspecified atom stereocenters. The fourth-order valence-corrected chi connectivity index (χ4v) is 7.27. The Morgan fingerprint density at radius 2 is 1.87 bits per heavy atom. The monoisotopic (exact) mass is 474 g/mol. The van der Waals surface area contributed by atoms with Crippen molar-refractivity contribution in [3.63, 3.8) is 0 Å². The summed E-state index contributed by atoms with van der Waals surface area (Å²) >= 11 is 0. The van der Waals surface area contributed by atoms with Crippen molar-refractivity contribution in [1.29, 1.82) is 0 Å². The van der Waals surface area contributed by atoms with E-state index in [0.29, 0.717) is 17.1 Å². The highest BCUT2D eigenvalue weighted by molar-refractivity contribution is 7.94. The Labute approximate surface area is 182 Å². The van der Waals surface area contributed by atoms with E-state index in [0.717, 1.165) is 6.07 Å². The van der Waals surface area contributed by atoms with Crippen LogP contribution in [-0.2, 0) is 34.4 Å². The van der Waals surface area contributed by atoms with Gasteiger partial charge in [0.15, 0.2) is 0 Å². The van der Waals surface area contributed by atoms with Gasteiger partial charge in [0, 0.05) is 13.1 Å². The number of ether oxygens (including phenoxy) is 2. The van der Waals surface area contributed by atoms with Crippen molar-refractivity contribution < 1.29 is 35.9 Å². The molecule has 2 heterocycles. The SMILES string of the molecule is CCOC(=O)C1CCN(S(=O)(=O)c2cc(N3C(=O)C(C)CS3(=O)=O)ccc2OC)CC1. The first kappa shape index (κ1) is 23.5. The smallest absolute Gasteiger partial charge is 0.309 e. The van der Waals surface area contributed by atoms with Crippen LogP contribution in [0.3, 0.4) is 0 Å². The van der Waals surface area contributed by atoms with Gasteiger partial charge in [-0.25, -0.2) is 21.1 Å². The van der Waals surface area contributed by atoms with Crippen molar-refractivity contribution in [2.75, 3.05) is 36.9 Å². The number of nitrogens with zero attached hydrogens (tertiary/aromatic N) is 2. The first-order valence-electron chi connectivity index (χ1n) is 9.94. The van der Waals surface area contributed by atoms with Crippen LogP contribution in [0.15, 0.2) is 23.1 Å². The first-order chi connectivity index (χ1) is 14.5. The molecule has 2 fully saturated rings. The van der Waals surface area contributed by atoms with Crippen molar-refractivity contribution in [2.45, 2.75) is 31.6 Å². The van der Waals surface area contributed by atoms with Gasteiger partial charge < -0.3 is 9.47 Å². The number of amides is 1. The van der Waals surface area contributed by atoms with Gasteiger partial charge in [-0.2, -0.15) is 4.31 Å². The molecule has 0 radical (unpaired) electrons. The second kappa shape index (κ2) is 8.75. The van der Waals surface area contributed by atoms with Crippen molar-refractivity contribution in [2.24, 2.45) is 11.8 Å². The number of carbonyl (C=O) groups is 2. The average molecular weight is 475 g/mol. The molecule has 10 nitrogen and oxygen atoms in total. The number of sulfonamides is 2. The van der Waals surface area contributed by atoms with Crippen LogP contribution in [0.25, 0.3) is 0 Å². The molecule has 31 heavy (non-hydrogen) atoms. The third kappa shape index (κ3) is 4.41. The van der Waals surface area contributed by atoms with Gasteiger partial charge in [-0.15, -0.1) is 0 Å². The normalized spacial score (nSPS) is 22.5. The van der Waals surface area contributed by atoms with Crippen molar-refractivity contribution in [1.82, 2.24) is 4.31 Å². The number of piperidine rings is 1. The summed E-state index contributed by atoms with van der Waals surface area (Å²) in [5.74, 6) is -2.33. The molecular weight excluding hydrogens is 448 g/mol. The molecule has 0 saturated carbocycles. The van der Waals surface area contributed by atoms with E-state index < -0.39 is 31.9 Å². The van der Waals surface area contributed by atoms with E-state index in [1.165, 1.54) is 30.5 Å². The number of methoxy groups -OCH3 is 1. The molecule has 1 amide bonds. The minimum atomic E-state index is -4.06. The van der Waals surface area contributed by atoms with Gasteiger partial charge in [-0.05, 0) is 38.0 Å². The molecule has 1 aromatic carbocycles. The number of benzene rings is 1. The maximum absolute atomic E-state index is 13.3. The zero-order valence-corrected chi connectivity index (χ0v) is 19.2. The molecule has 3 rings (SSSR count). The molecule has 0 N–H and O–H groups in total. The summed E-state index contributed by atoms with van der Waals surface area (Å²) in [6, 6.07) is 3.83. The fraction of sp³-hybridized carbons (Fsp3) is 0.579. The molecule has 2 aliphatic rings. The summed E-state index contributed by atoms with van der Waals surface area (Å²) in [5.41, 5.74) is -0.0462. The molecular formula is C19H26N2O8S2. The second-order valence-electron chi connectivity index (χ2n) is 7.55. The summed E-state index contributed by atoms with van der Waals surface area (Å²) in [5, 5.41) is 0. The molecule has 0 aromatic heterocycles. The van der Waals surface area contributed by atoms with E-state index >= 15 is 0 Å². The summed E-state index contributed by atoms with van der Waals surface area (Å²) in [6.45, 7) is 3.70. The first-order valence-corrected chi connectivity index (χ1v) is 13.0. The average Bonchev–Trinajstić information content (AvgIpc) is 2.94. The molecule has 2 aliphatic heterocycles. The molecule has 2 saturated heterocycles. The van der Waals surface area contributed by atoms with Crippen molar-refractivity contribution in [3.05, 3.63) is 18.2 Å². The van der Waals surface area contributed by atoms with Crippen LogP contribution < -0.4 is 9.04 Å². The number of hydrogen-bond donors (Lipinski definition) is 0. The quantitative estimate of drug-likeness (QED) is 0.558. The minimum absolute atomic E-state index is 0.0355. The highest BCUT2D eigenvalue weighted by Crippen LogP contribution is 2.36. The van der Waals surface area contributed by atoms with Crippen LogP contribution in [0, 0.1) is 11.8 Å². The van der Waals surface area contributed by atoms with Gasteiger partial charge in [-0.1, -0.05) is 6.92 Å². The van der Waals surface area contributed by atoms with Crippen LogP contribution in [0.5, 0.6) is 5.75 Å². The lowest BCUT2D eigenvalue weighted by Crippen LogP contribution is -2.40. The summed E-state index contributed by atoms with van der Waals surface area (Å²) in [4.78, 5) is 24.1. The van der Waals surface area contributed by atoms with E-state index in [2.05, 4.69) is 0 Å². The molecule has 1 atom stereocenters. The Bertz CT molecular complexity index is 1080. The Morgan fingerprint density at radius 1 is 1.23 bits per heavy atom. The van der Waals surface area contributed by atoms with E-state index in [1.807, 2.05) is 0 Å². The molecule has 1 aromatic rings. The number of rotatable bonds is 6. The van der Waals surface area contributed by atoms with Crippen LogP contribution in [-0.4, -0.2) is 65.6 Å². The lowest BCUT2D eigenvalue weighted by Gasteiger charge is -2.30. The van der Waals surface area contributed by atoms with Gasteiger partial charge in [0.1, 0.15) is 10.6 Å². The van der Waals surface area contributed by atoms with Crippen LogP contribution in [0.1, 0.15) is 26.7 Å². The third-order valence-corrected chi connectivity index (χ3v) is 9.22. The second-order valence-corrected chi connectivity index (χ2v) is 11.3. The Balaban J connectivity index is 1.92. The van der Waals surface area contributed by atoms with Gasteiger partial charge in [0.25, 0.3) is 0 Å². The fourth-order valence-electron chi connectivity index (χ4n) is 3.81. The predicted molar refractivity (Wildman–Crippen MR) is 112 cm³/mol. The van der Waals surface area contributed by atoms with Crippen molar-refractivity contribution >= 4 is 37.6 Å². The standard InChI is InChI=1S/C19H26N2O8S2/c1-4-29-19(23)14-7-9-20(10-8-14)31(26,27)17-11-15(5-6-16(17)28-3)21-18(22)13(2)12-30(21,24)25/h5-6,11,13-14H,4,7-10,12H2,1-3H3. The topological polar surface area (TPSA) is 127 Å². The van der Waals surface area contributed by atoms with E-state index in [-0.39, 0.29) is 53.7 Å². The minimum Gasteiger partial charge on any atom is -0.495 e. The van der Waals surface area contributed by atoms with Crippen LogP contribution >= 0.6 is 0 Å². The molecule has 172 valence electrons. The Hall–Kier alpha value is -2.18. The maximum Gasteiger partial charge on any atom is 0.309 e. The summed E-state index contributed by atoms with van der Waals surface area (Å²) in [7, 11) is -6.64. The van der Waals surface area contributed by atoms with Gasteiger partial charge >= 0.3 is 5.97 Å². The van der Waals surface area contributed by atoms with E-state index in [1.54, 1.807) is 6.92 Å². The highest BCUT2D eigenvalue weighted by Gasteiger charge is 2.43. The van der Waals surface area contributed by atoms with Crippen molar-refractivity contribution in [3.8, 4) is 5.75 Å². The van der Waals surface area contributed by atoms with Gasteiger partial charge in [0.2, 0.25) is 26.0 Å². The van der Waals surface area contributed by atoms with Crippen LogP contribution in [0.4, 0.5) is 5.69 Å². The largest absolute Gasteiger partial charge is 0.495 e. The number of anilines is 1. The molecule has 0 spiro atoms. The lowest BCUT2D eigenvalue weighted by molar-refractivity contribution is -0.149. The number of carbonyl (C=O) groups excluding carboxylic acids is 2. The van der Waals surface area contributed by atoms with Gasteiger partial charge in [0.05, 0.1) is 37.0 Å². The Kier molecular flexibility index (Phi) is 6.63. The van der Waals surface area contributed by atoms with E-state index in [4.69, 9.17) is 9.47 Å². The highest BCUT2D eigenvalue weighted by atomic mass is 32.2. The number of hydrogen-bond acceptors (Lipinski definition) is 8. The summed E-state index contributed by atoms with van der Waals surface area (Å²) < 4.78 is 63.6. The summed E-state index contributed by atoms with van der Waals surface area (Å²) in [6.07, 6.45) is 0.632. The van der Waals surface area contributed by atoms with Gasteiger partial charge in [-0.3, -0.25) is 9.59 Å². The molecule has 0 bridgehead atoms. The Morgan fingerprint density at radius 3 is 2.39 bits per heavy atom. The zero-order valence-electron chi connectivity index (χ0n) is 17.6. The number of esters is 1. The third-order valence-electron chi connectivity index (χ3n) is 5.43. The van der Waals surface area contributed by atoms with Crippen LogP contribution in [0.2, 0.25) is 0 Å². The molecule has 0 aliphatic carbocycles. The van der Waals surface area contributed by atoms with E-state index in [9.17, 15) is 26.4 Å². The zero-order chi connectivity index (χ0) is 23.0. The predicted octanol–water partition coefficient (Wildman–Crippen LogP) is 0.972. The molecule has 12 heteroatoms. The maximum atomic E-state index is 13.3. The lowest BCUT2D eigenvalue weighted by atomic mass is 9.98.